The summed E-state index contributed by atoms with van der Waals surface area (Å²) in [6, 6.07) is 5.77. The predicted molar refractivity (Wildman–Crippen MR) is 102 cm³/mol. The van der Waals surface area contributed by atoms with E-state index in [0.717, 1.165) is 44.7 Å². The molecule has 5 nitrogen and oxygen atoms in total. The van der Waals surface area contributed by atoms with Crippen molar-refractivity contribution in [1.29, 1.82) is 0 Å². The van der Waals surface area contributed by atoms with E-state index in [9.17, 15) is 4.79 Å². The standard InChI is InChI=1S/C17H21N3O2S2/c1-11(21)14-10-23-16(19-14)17-18-13-6-5-12(9-15(13)24-17)22-8-4-7-20(2)3/h5-6,9,14H,4,7-8,10H2,1-3H3. The quantitative estimate of drug-likeness (QED) is 0.708. The van der Waals surface area contributed by atoms with Crippen molar-refractivity contribution in [2.75, 3.05) is 33.0 Å². The van der Waals surface area contributed by atoms with Crippen molar-refractivity contribution in [1.82, 2.24) is 9.88 Å². The molecule has 0 bridgehead atoms. The third kappa shape index (κ3) is 4.15. The predicted octanol–water partition coefficient (Wildman–Crippen LogP) is 3.08. The molecule has 0 radical (unpaired) electrons. The molecule has 0 aliphatic carbocycles. The Morgan fingerprint density at radius 2 is 2.25 bits per heavy atom. The molecule has 7 heteroatoms. The van der Waals surface area contributed by atoms with E-state index < -0.39 is 0 Å². The summed E-state index contributed by atoms with van der Waals surface area (Å²) >= 11 is 3.22. The van der Waals surface area contributed by atoms with Crippen molar-refractivity contribution in [3.05, 3.63) is 23.2 Å². The molecule has 1 aliphatic heterocycles. The summed E-state index contributed by atoms with van der Waals surface area (Å²) in [7, 11) is 4.12. The number of ether oxygens (including phenoxy) is 1. The molecule has 0 amide bonds. The van der Waals surface area contributed by atoms with Crippen LogP contribution in [0.25, 0.3) is 10.2 Å². The van der Waals surface area contributed by atoms with Gasteiger partial charge in [-0.2, -0.15) is 0 Å². The van der Waals surface area contributed by atoms with E-state index in [0.29, 0.717) is 6.61 Å². The van der Waals surface area contributed by atoms with Crippen LogP contribution in [-0.2, 0) is 4.79 Å². The van der Waals surface area contributed by atoms with Crippen molar-refractivity contribution >= 4 is 44.1 Å². The lowest BCUT2D eigenvalue weighted by atomic mass is 10.2. The lowest BCUT2D eigenvalue weighted by Crippen LogP contribution is -2.15. The molecule has 2 heterocycles. The Bertz CT molecular complexity index is 770. The van der Waals surface area contributed by atoms with E-state index in [2.05, 4.69) is 29.0 Å². The number of benzene rings is 1. The van der Waals surface area contributed by atoms with Crippen molar-refractivity contribution in [2.24, 2.45) is 4.99 Å². The van der Waals surface area contributed by atoms with Crippen molar-refractivity contribution in [3.8, 4) is 5.75 Å². The zero-order chi connectivity index (χ0) is 17.1. The minimum Gasteiger partial charge on any atom is -0.493 e. The molecule has 0 fully saturated rings. The highest BCUT2D eigenvalue weighted by Crippen LogP contribution is 2.31. The number of carbonyl (C=O) groups excluding carboxylic acids is 1. The fourth-order valence-electron chi connectivity index (χ4n) is 2.36. The molecule has 1 atom stereocenters. The topological polar surface area (TPSA) is 54.8 Å². The van der Waals surface area contributed by atoms with Crippen LogP contribution in [0.2, 0.25) is 0 Å². The largest absolute Gasteiger partial charge is 0.493 e. The molecule has 0 N–H and O–H groups in total. The second-order valence-electron chi connectivity index (χ2n) is 6.03. The molecule has 1 aromatic carbocycles. The van der Waals surface area contributed by atoms with Gasteiger partial charge in [-0.05, 0) is 45.6 Å². The first-order valence-electron chi connectivity index (χ1n) is 7.92. The Labute approximate surface area is 150 Å². The van der Waals surface area contributed by atoms with E-state index in [-0.39, 0.29) is 11.8 Å². The molecule has 0 saturated carbocycles. The molecule has 1 unspecified atom stereocenters. The van der Waals surface area contributed by atoms with Crippen LogP contribution in [0, 0.1) is 0 Å². The van der Waals surface area contributed by atoms with Gasteiger partial charge in [0.2, 0.25) is 0 Å². The van der Waals surface area contributed by atoms with Crippen LogP contribution in [0.4, 0.5) is 0 Å². The average Bonchev–Trinajstić information content (AvgIpc) is 3.17. The summed E-state index contributed by atoms with van der Waals surface area (Å²) in [6.07, 6.45) is 0.999. The molecular formula is C17H21N3O2S2. The van der Waals surface area contributed by atoms with Crippen LogP contribution in [0.5, 0.6) is 5.75 Å². The molecule has 3 rings (SSSR count). The third-order valence-electron chi connectivity index (χ3n) is 3.68. The van der Waals surface area contributed by atoms with Gasteiger partial charge in [0.25, 0.3) is 0 Å². The van der Waals surface area contributed by atoms with E-state index in [1.165, 1.54) is 0 Å². The zero-order valence-corrected chi connectivity index (χ0v) is 15.7. The number of nitrogens with zero attached hydrogens (tertiary/aromatic N) is 3. The molecule has 128 valence electrons. The highest BCUT2D eigenvalue weighted by molar-refractivity contribution is 8.15. The van der Waals surface area contributed by atoms with E-state index in [4.69, 9.17) is 4.74 Å². The van der Waals surface area contributed by atoms with Gasteiger partial charge in [0.1, 0.15) is 21.8 Å². The Morgan fingerprint density at radius 3 is 2.96 bits per heavy atom. The van der Waals surface area contributed by atoms with Gasteiger partial charge in [0.05, 0.1) is 16.8 Å². The summed E-state index contributed by atoms with van der Waals surface area (Å²) in [5, 5.41) is 1.77. The maximum atomic E-state index is 11.4. The smallest absolute Gasteiger partial charge is 0.155 e. The minimum atomic E-state index is -0.215. The average molecular weight is 364 g/mol. The van der Waals surface area contributed by atoms with Crippen LogP contribution in [0.3, 0.4) is 0 Å². The van der Waals surface area contributed by atoms with E-state index in [1.807, 2.05) is 18.2 Å². The lowest BCUT2D eigenvalue weighted by Gasteiger charge is -2.10. The molecule has 1 aromatic heterocycles. The van der Waals surface area contributed by atoms with Gasteiger partial charge >= 0.3 is 0 Å². The Hall–Kier alpha value is -1.44. The maximum absolute atomic E-state index is 11.4. The second kappa shape index (κ2) is 7.63. The van der Waals surface area contributed by atoms with E-state index in [1.54, 1.807) is 30.0 Å². The first-order valence-corrected chi connectivity index (χ1v) is 9.72. The van der Waals surface area contributed by atoms with Crippen LogP contribution in [0.1, 0.15) is 18.4 Å². The minimum absolute atomic E-state index is 0.118. The molecular weight excluding hydrogens is 342 g/mol. The Balaban J connectivity index is 1.70. The van der Waals surface area contributed by atoms with E-state index >= 15 is 0 Å². The van der Waals surface area contributed by atoms with Gasteiger partial charge < -0.3 is 9.64 Å². The number of hydrogen-bond acceptors (Lipinski definition) is 7. The van der Waals surface area contributed by atoms with Gasteiger partial charge in [-0.25, -0.2) is 4.98 Å². The van der Waals surface area contributed by atoms with Gasteiger partial charge in [-0.15, -0.1) is 23.1 Å². The van der Waals surface area contributed by atoms with Crippen LogP contribution in [-0.4, -0.2) is 59.8 Å². The zero-order valence-electron chi connectivity index (χ0n) is 14.1. The highest BCUT2D eigenvalue weighted by Gasteiger charge is 2.24. The summed E-state index contributed by atoms with van der Waals surface area (Å²) in [5.74, 6) is 1.71. The number of thiazole rings is 1. The number of aromatic nitrogens is 1. The monoisotopic (exact) mass is 363 g/mol. The highest BCUT2D eigenvalue weighted by atomic mass is 32.2. The first kappa shape index (κ1) is 17.4. The van der Waals surface area contributed by atoms with Crippen molar-refractivity contribution in [3.63, 3.8) is 0 Å². The number of thioether (sulfide) groups is 1. The molecule has 0 saturated heterocycles. The number of fused-ring (bicyclic) bond motifs is 1. The fourth-order valence-corrected chi connectivity index (χ4v) is 4.54. The summed E-state index contributed by atoms with van der Waals surface area (Å²) in [6.45, 7) is 3.31. The Morgan fingerprint density at radius 1 is 1.42 bits per heavy atom. The summed E-state index contributed by atoms with van der Waals surface area (Å²) < 4.78 is 6.91. The lowest BCUT2D eigenvalue weighted by molar-refractivity contribution is -0.117. The fraction of sp³-hybridized carbons (Fsp3) is 0.471. The van der Waals surface area contributed by atoms with Crippen LogP contribution < -0.4 is 4.74 Å². The number of rotatable bonds is 7. The number of Topliss-reactive ketones (excluding diaryl/α,β-unsaturated/α-hetero) is 1. The number of ketones is 1. The SMILES string of the molecule is CC(=O)C1CSC(c2nc3ccc(OCCCN(C)C)cc3s2)=N1. The van der Waals surface area contributed by atoms with Crippen molar-refractivity contribution in [2.45, 2.75) is 19.4 Å². The number of aliphatic imine (C=N–C) groups is 1. The van der Waals surface area contributed by atoms with Gasteiger partial charge in [0, 0.05) is 12.3 Å². The van der Waals surface area contributed by atoms with Gasteiger partial charge in [-0.1, -0.05) is 0 Å². The molecule has 0 spiro atoms. The first-order chi connectivity index (χ1) is 11.5. The second-order valence-corrected chi connectivity index (χ2v) is 8.06. The molecule has 24 heavy (non-hydrogen) atoms. The summed E-state index contributed by atoms with van der Waals surface area (Å²) in [5.41, 5.74) is 0.949. The third-order valence-corrected chi connectivity index (χ3v) is 5.89. The van der Waals surface area contributed by atoms with Crippen molar-refractivity contribution < 1.29 is 9.53 Å². The van der Waals surface area contributed by atoms with Crippen LogP contribution >= 0.6 is 23.1 Å². The normalized spacial score (nSPS) is 17.5. The maximum Gasteiger partial charge on any atom is 0.155 e. The molecule has 2 aromatic rings. The van der Waals surface area contributed by atoms with Gasteiger partial charge in [-0.3, -0.25) is 9.79 Å². The Kier molecular flexibility index (Phi) is 5.53. The number of carbonyl (C=O) groups is 1. The van der Waals surface area contributed by atoms with Gasteiger partial charge in [0.15, 0.2) is 5.78 Å². The molecule has 1 aliphatic rings. The van der Waals surface area contributed by atoms with Crippen LogP contribution in [0.15, 0.2) is 23.2 Å². The number of hydrogen-bond donors (Lipinski definition) is 0. The summed E-state index contributed by atoms with van der Waals surface area (Å²) in [4.78, 5) is 22.7.